The van der Waals surface area contributed by atoms with Gasteiger partial charge in [-0.25, -0.2) is 4.39 Å². The second-order valence-electron chi connectivity index (χ2n) is 4.58. The van der Waals surface area contributed by atoms with Crippen LogP contribution in [0.3, 0.4) is 0 Å². The van der Waals surface area contributed by atoms with Crippen LogP contribution >= 0.6 is 0 Å². The number of benzene rings is 1. The number of carbonyl (C=O) groups excluding carboxylic acids is 1. The lowest BCUT2D eigenvalue weighted by Gasteiger charge is -2.29. The monoisotopic (exact) mass is 240 g/mol. The van der Waals surface area contributed by atoms with E-state index in [-0.39, 0.29) is 11.3 Å². The smallest absolute Gasteiger partial charge is 0.253 e. The van der Waals surface area contributed by atoms with Gasteiger partial charge in [-0.1, -0.05) is 0 Å². The van der Waals surface area contributed by atoms with Crippen LogP contribution in [0, 0.1) is 5.82 Å². The number of rotatable bonds is 3. The summed E-state index contributed by atoms with van der Waals surface area (Å²) in [5, 5.41) is 12.1. The van der Waals surface area contributed by atoms with Gasteiger partial charge in [0, 0.05) is 5.69 Å². The highest BCUT2D eigenvalue weighted by atomic mass is 19.1. The molecule has 17 heavy (non-hydrogen) atoms. The van der Waals surface area contributed by atoms with E-state index in [1.807, 2.05) is 0 Å². The number of hydrogen-bond acceptors (Lipinski definition) is 3. The van der Waals surface area contributed by atoms with Crippen molar-refractivity contribution in [3.63, 3.8) is 0 Å². The highest BCUT2D eigenvalue weighted by Gasteiger charge is 2.27. The molecule has 0 aliphatic rings. The molecule has 0 fully saturated rings. The molecule has 0 heterocycles. The molecule has 1 unspecified atom stereocenters. The summed E-state index contributed by atoms with van der Waals surface area (Å²) >= 11 is 0. The molecule has 1 aromatic rings. The first-order chi connectivity index (χ1) is 7.74. The lowest BCUT2D eigenvalue weighted by Crippen LogP contribution is -2.51. The van der Waals surface area contributed by atoms with E-state index in [1.165, 1.54) is 12.1 Å². The fourth-order valence-corrected chi connectivity index (χ4v) is 1.20. The van der Waals surface area contributed by atoms with E-state index in [2.05, 4.69) is 5.32 Å². The molecule has 0 radical (unpaired) electrons. The zero-order chi connectivity index (χ0) is 13.2. The molecule has 1 atom stereocenters. The summed E-state index contributed by atoms with van der Waals surface area (Å²) in [4.78, 5) is 11.9. The quantitative estimate of drug-likeness (QED) is 0.697. The molecule has 4 nitrogen and oxygen atoms in total. The van der Waals surface area contributed by atoms with Gasteiger partial charge in [-0.3, -0.25) is 4.79 Å². The molecular formula is C12H17FN2O2. The Kier molecular flexibility index (Phi) is 3.72. The molecule has 1 rings (SSSR count). The Balaban J connectivity index is 2.91. The Labute approximate surface area is 99.6 Å². The first kappa shape index (κ1) is 13.4. The maximum absolute atomic E-state index is 12.8. The fourth-order valence-electron chi connectivity index (χ4n) is 1.20. The van der Waals surface area contributed by atoms with Crippen molar-refractivity contribution in [3.05, 3.63) is 29.6 Å². The second-order valence-corrected chi connectivity index (χ2v) is 4.58. The molecule has 0 aromatic heterocycles. The molecular weight excluding hydrogens is 223 g/mol. The summed E-state index contributed by atoms with van der Waals surface area (Å²) in [6.07, 6.45) is -0.715. The Morgan fingerprint density at radius 3 is 2.59 bits per heavy atom. The number of halogens is 1. The third-order valence-electron chi connectivity index (χ3n) is 2.74. The van der Waals surface area contributed by atoms with E-state index < -0.39 is 23.4 Å². The summed E-state index contributed by atoms with van der Waals surface area (Å²) in [7, 11) is 0. The van der Waals surface area contributed by atoms with E-state index in [4.69, 9.17) is 5.73 Å². The Hall–Kier alpha value is -1.62. The van der Waals surface area contributed by atoms with Gasteiger partial charge in [-0.15, -0.1) is 0 Å². The van der Waals surface area contributed by atoms with Crippen LogP contribution in [0.25, 0.3) is 0 Å². The van der Waals surface area contributed by atoms with Crippen LogP contribution in [0.15, 0.2) is 18.2 Å². The molecule has 0 aliphatic heterocycles. The minimum atomic E-state index is -0.780. The topological polar surface area (TPSA) is 75.3 Å². The molecule has 0 aliphatic carbocycles. The number of nitrogens with two attached hydrogens (primary N) is 1. The van der Waals surface area contributed by atoms with Crippen molar-refractivity contribution >= 4 is 11.6 Å². The van der Waals surface area contributed by atoms with Crippen molar-refractivity contribution in [2.24, 2.45) is 0 Å². The van der Waals surface area contributed by atoms with Crippen LogP contribution < -0.4 is 11.1 Å². The van der Waals surface area contributed by atoms with Crippen molar-refractivity contribution in [2.45, 2.75) is 32.4 Å². The molecule has 5 heteroatoms. The minimum Gasteiger partial charge on any atom is -0.398 e. The second kappa shape index (κ2) is 4.71. The molecule has 1 amide bonds. The van der Waals surface area contributed by atoms with Gasteiger partial charge in [0.1, 0.15) is 5.82 Å². The van der Waals surface area contributed by atoms with Gasteiger partial charge in [0.2, 0.25) is 0 Å². The maximum atomic E-state index is 12.8. The van der Waals surface area contributed by atoms with Crippen LogP contribution in [0.1, 0.15) is 31.1 Å². The number of carbonyl (C=O) groups is 1. The molecule has 0 spiro atoms. The van der Waals surface area contributed by atoms with Crippen molar-refractivity contribution in [1.29, 1.82) is 0 Å². The standard InChI is InChI=1S/C12H17FN2O2/c1-7(16)12(2,3)15-11(17)9-5-4-8(13)6-10(9)14/h4-7,16H,14H2,1-3H3,(H,15,17). The lowest BCUT2D eigenvalue weighted by atomic mass is 9.98. The number of anilines is 1. The molecule has 0 saturated heterocycles. The third-order valence-corrected chi connectivity index (χ3v) is 2.74. The van der Waals surface area contributed by atoms with E-state index in [0.717, 1.165) is 6.07 Å². The van der Waals surface area contributed by atoms with Gasteiger partial charge in [0.25, 0.3) is 5.91 Å². The summed E-state index contributed by atoms with van der Waals surface area (Å²) in [6.45, 7) is 4.96. The highest BCUT2D eigenvalue weighted by molar-refractivity contribution is 5.99. The Morgan fingerprint density at radius 2 is 2.12 bits per heavy atom. The highest BCUT2D eigenvalue weighted by Crippen LogP contribution is 2.16. The fraction of sp³-hybridized carbons (Fsp3) is 0.417. The number of aliphatic hydroxyl groups excluding tert-OH is 1. The van der Waals surface area contributed by atoms with Gasteiger partial charge < -0.3 is 16.2 Å². The largest absolute Gasteiger partial charge is 0.398 e. The Morgan fingerprint density at radius 1 is 1.53 bits per heavy atom. The first-order valence-corrected chi connectivity index (χ1v) is 5.29. The lowest BCUT2D eigenvalue weighted by molar-refractivity contribution is 0.0710. The van der Waals surface area contributed by atoms with Crippen LogP contribution in [-0.4, -0.2) is 22.7 Å². The molecule has 4 N–H and O–H groups in total. The molecule has 0 bridgehead atoms. The average molecular weight is 240 g/mol. The zero-order valence-electron chi connectivity index (χ0n) is 10.1. The molecule has 94 valence electrons. The van der Waals surface area contributed by atoms with Crippen molar-refractivity contribution in [2.75, 3.05) is 5.73 Å². The van der Waals surface area contributed by atoms with Crippen molar-refractivity contribution in [1.82, 2.24) is 5.32 Å². The number of aliphatic hydroxyl groups is 1. The number of nitrogen functional groups attached to an aromatic ring is 1. The summed E-state index contributed by atoms with van der Waals surface area (Å²) < 4.78 is 12.8. The van der Waals surface area contributed by atoms with Gasteiger partial charge in [0.05, 0.1) is 17.2 Å². The van der Waals surface area contributed by atoms with E-state index in [9.17, 15) is 14.3 Å². The normalized spacial score (nSPS) is 13.2. The summed E-state index contributed by atoms with van der Waals surface area (Å²) in [6, 6.07) is 3.57. The zero-order valence-corrected chi connectivity index (χ0v) is 10.1. The SMILES string of the molecule is CC(O)C(C)(C)NC(=O)c1ccc(F)cc1N. The third kappa shape index (κ3) is 3.17. The van der Waals surface area contributed by atoms with E-state index >= 15 is 0 Å². The number of amides is 1. The van der Waals surface area contributed by atoms with Crippen molar-refractivity contribution in [3.8, 4) is 0 Å². The van der Waals surface area contributed by atoms with E-state index in [1.54, 1.807) is 20.8 Å². The van der Waals surface area contributed by atoms with Gasteiger partial charge >= 0.3 is 0 Å². The molecule has 0 saturated carbocycles. The molecule has 1 aromatic carbocycles. The Bertz CT molecular complexity index is 431. The first-order valence-electron chi connectivity index (χ1n) is 5.29. The van der Waals surface area contributed by atoms with Gasteiger partial charge in [-0.05, 0) is 39.0 Å². The minimum absolute atomic E-state index is 0.0730. The van der Waals surface area contributed by atoms with Gasteiger partial charge in [0.15, 0.2) is 0 Å². The van der Waals surface area contributed by atoms with Crippen molar-refractivity contribution < 1.29 is 14.3 Å². The van der Waals surface area contributed by atoms with E-state index in [0.29, 0.717) is 0 Å². The van der Waals surface area contributed by atoms with Crippen LogP contribution in [0.2, 0.25) is 0 Å². The van der Waals surface area contributed by atoms with Crippen LogP contribution in [0.5, 0.6) is 0 Å². The van der Waals surface area contributed by atoms with Crippen LogP contribution in [-0.2, 0) is 0 Å². The predicted molar refractivity (Wildman–Crippen MR) is 64.0 cm³/mol. The number of nitrogens with one attached hydrogen (secondary N) is 1. The summed E-state index contributed by atoms with van der Waals surface area (Å²) in [5.41, 5.74) is 5.04. The van der Waals surface area contributed by atoms with Crippen LogP contribution in [0.4, 0.5) is 10.1 Å². The van der Waals surface area contributed by atoms with Gasteiger partial charge in [-0.2, -0.15) is 0 Å². The number of hydrogen-bond donors (Lipinski definition) is 3. The summed E-state index contributed by atoms with van der Waals surface area (Å²) in [5.74, 6) is -0.928. The predicted octanol–water partition coefficient (Wildman–Crippen LogP) is 1.30. The average Bonchev–Trinajstić information content (AvgIpc) is 2.15. The maximum Gasteiger partial charge on any atom is 0.253 e.